The number of amides is 3. The molecule has 1 aliphatic rings. The van der Waals surface area contributed by atoms with Crippen molar-refractivity contribution >= 4 is 17.6 Å². The van der Waals surface area contributed by atoms with E-state index in [0.717, 1.165) is 11.1 Å². The van der Waals surface area contributed by atoms with Gasteiger partial charge in [-0.1, -0.05) is 24.3 Å². The van der Waals surface area contributed by atoms with Gasteiger partial charge < -0.3 is 20.3 Å². The molecule has 4 rings (SSSR count). The first-order valence-corrected chi connectivity index (χ1v) is 10.2. The van der Waals surface area contributed by atoms with E-state index in [4.69, 9.17) is 4.74 Å². The maximum atomic E-state index is 13.4. The zero-order valence-corrected chi connectivity index (χ0v) is 18.3. The molecule has 1 atom stereocenters. The van der Waals surface area contributed by atoms with Gasteiger partial charge in [0, 0.05) is 30.6 Å². The molecule has 1 aromatic heterocycles. The van der Waals surface area contributed by atoms with Crippen LogP contribution < -0.4 is 15.4 Å². The molecular formula is C24H22FN5O3. The van der Waals surface area contributed by atoms with Gasteiger partial charge in [-0.05, 0) is 42.3 Å². The number of methoxy groups -OCH3 is 1. The van der Waals surface area contributed by atoms with E-state index in [0.29, 0.717) is 28.4 Å². The maximum absolute atomic E-state index is 13.4. The third kappa shape index (κ3) is 4.67. The van der Waals surface area contributed by atoms with Crippen molar-refractivity contribution in [3.63, 3.8) is 0 Å². The van der Waals surface area contributed by atoms with Gasteiger partial charge in [-0.3, -0.25) is 4.79 Å². The molecule has 0 saturated carbocycles. The summed E-state index contributed by atoms with van der Waals surface area (Å²) in [4.78, 5) is 26.8. The minimum absolute atomic E-state index is 0.317. The number of nitrogens with one attached hydrogen (secondary N) is 2. The SMILES string of the molecule is COc1ccc(-c2ccc(C)c(NC(=O)C3=CN(C)C(=O)NC3c3ccc(F)cc3)c2)nn1. The predicted octanol–water partition coefficient (Wildman–Crippen LogP) is 3.82. The van der Waals surface area contributed by atoms with Crippen LogP contribution in [-0.4, -0.2) is 41.2 Å². The predicted molar refractivity (Wildman–Crippen MR) is 121 cm³/mol. The number of hydrogen-bond donors (Lipinski definition) is 2. The van der Waals surface area contributed by atoms with Crippen LogP contribution in [0, 0.1) is 12.7 Å². The molecule has 2 N–H and O–H groups in total. The average Bonchev–Trinajstić information content (AvgIpc) is 2.82. The number of anilines is 1. The summed E-state index contributed by atoms with van der Waals surface area (Å²) in [5.74, 6) is -0.388. The Labute approximate surface area is 190 Å². The molecule has 2 aromatic carbocycles. The van der Waals surface area contributed by atoms with Crippen molar-refractivity contribution in [1.82, 2.24) is 20.4 Å². The zero-order chi connectivity index (χ0) is 23.5. The van der Waals surface area contributed by atoms with Crippen LogP contribution in [0.15, 0.2) is 66.4 Å². The summed E-state index contributed by atoms with van der Waals surface area (Å²) in [7, 11) is 3.07. The van der Waals surface area contributed by atoms with Crippen LogP contribution in [0.4, 0.5) is 14.9 Å². The molecule has 3 aromatic rings. The number of aromatic nitrogens is 2. The molecule has 9 heteroatoms. The van der Waals surface area contributed by atoms with E-state index in [1.54, 1.807) is 31.3 Å². The first-order valence-electron chi connectivity index (χ1n) is 10.2. The second kappa shape index (κ2) is 9.07. The Morgan fingerprint density at radius 3 is 2.55 bits per heavy atom. The second-order valence-electron chi connectivity index (χ2n) is 7.57. The lowest BCUT2D eigenvalue weighted by atomic mass is 9.97. The fourth-order valence-electron chi connectivity index (χ4n) is 3.45. The van der Waals surface area contributed by atoms with Gasteiger partial charge in [-0.2, -0.15) is 0 Å². The van der Waals surface area contributed by atoms with Crippen molar-refractivity contribution in [2.24, 2.45) is 0 Å². The van der Waals surface area contributed by atoms with Crippen molar-refractivity contribution in [2.45, 2.75) is 13.0 Å². The van der Waals surface area contributed by atoms with Crippen molar-refractivity contribution in [3.05, 3.63) is 83.3 Å². The first-order chi connectivity index (χ1) is 15.9. The molecule has 0 aliphatic carbocycles. The Balaban J connectivity index is 1.63. The van der Waals surface area contributed by atoms with Gasteiger partial charge in [0.05, 0.1) is 24.4 Å². The van der Waals surface area contributed by atoms with Crippen LogP contribution in [0.2, 0.25) is 0 Å². The Kier molecular flexibility index (Phi) is 6.03. The Morgan fingerprint density at radius 2 is 1.88 bits per heavy atom. The van der Waals surface area contributed by atoms with Crippen LogP contribution in [0.25, 0.3) is 11.3 Å². The highest BCUT2D eigenvalue weighted by Crippen LogP contribution is 2.29. The molecule has 8 nitrogen and oxygen atoms in total. The number of benzene rings is 2. The molecule has 0 spiro atoms. The molecule has 0 radical (unpaired) electrons. The van der Waals surface area contributed by atoms with Gasteiger partial charge in [-0.15, -0.1) is 10.2 Å². The van der Waals surface area contributed by atoms with Gasteiger partial charge >= 0.3 is 6.03 Å². The molecule has 168 valence electrons. The molecule has 0 saturated heterocycles. The highest BCUT2D eigenvalue weighted by atomic mass is 19.1. The van der Waals surface area contributed by atoms with E-state index in [9.17, 15) is 14.0 Å². The Bertz CT molecular complexity index is 1230. The van der Waals surface area contributed by atoms with Crippen LogP contribution in [0.5, 0.6) is 5.88 Å². The quantitative estimate of drug-likeness (QED) is 0.620. The maximum Gasteiger partial charge on any atom is 0.321 e. The third-order valence-corrected chi connectivity index (χ3v) is 5.33. The monoisotopic (exact) mass is 447 g/mol. The molecule has 0 bridgehead atoms. The topological polar surface area (TPSA) is 96.5 Å². The van der Waals surface area contributed by atoms with Crippen molar-refractivity contribution in [2.75, 3.05) is 19.5 Å². The van der Waals surface area contributed by atoms with E-state index in [-0.39, 0.29) is 6.03 Å². The summed E-state index contributed by atoms with van der Waals surface area (Å²) < 4.78 is 18.4. The average molecular weight is 447 g/mol. The molecule has 0 fully saturated rings. The fourth-order valence-corrected chi connectivity index (χ4v) is 3.45. The van der Waals surface area contributed by atoms with Gasteiger partial charge in [0.15, 0.2) is 0 Å². The molecule has 33 heavy (non-hydrogen) atoms. The number of aryl methyl sites for hydroxylation is 1. The molecule has 1 unspecified atom stereocenters. The number of carbonyl (C=O) groups is 2. The summed E-state index contributed by atoms with van der Waals surface area (Å²) >= 11 is 0. The van der Waals surface area contributed by atoms with Crippen molar-refractivity contribution < 1.29 is 18.7 Å². The van der Waals surface area contributed by atoms with Gasteiger partial charge in [0.25, 0.3) is 5.91 Å². The lowest BCUT2D eigenvalue weighted by molar-refractivity contribution is -0.113. The second-order valence-corrected chi connectivity index (χ2v) is 7.57. The fraction of sp³-hybridized carbons (Fsp3) is 0.167. The van der Waals surface area contributed by atoms with E-state index in [2.05, 4.69) is 20.8 Å². The van der Waals surface area contributed by atoms with Crippen LogP contribution in [-0.2, 0) is 4.79 Å². The lowest BCUT2D eigenvalue weighted by Gasteiger charge is -2.30. The van der Waals surface area contributed by atoms with Gasteiger partial charge in [0.1, 0.15) is 5.82 Å². The standard InChI is InChI=1S/C24H22FN5O3/c1-14-4-5-16(19-10-11-21(33-3)29-28-19)12-20(14)26-23(31)18-13-30(2)24(32)27-22(18)15-6-8-17(25)9-7-15/h4-13,22H,1-3H3,(H,26,31)(H,27,32). The van der Waals surface area contributed by atoms with Crippen molar-refractivity contribution in [3.8, 4) is 17.1 Å². The first kappa shape index (κ1) is 21.9. The largest absolute Gasteiger partial charge is 0.480 e. The van der Waals surface area contributed by atoms with Crippen LogP contribution in [0.1, 0.15) is 17.2 Å². The number of nitrogens with zero attached hydrogens (tertiary/aromatic N) is 3. The minimum atomic E-state index is -0.717. The smallest absolute Gasteiger partial charge is 0.321 e. The van der Waals surface area contributed by atoms with Crippen LogP contribution in [0.3, 0.4) is 0 Å². The lowest BCUT2D eigenvalue weighted by Crippen LogP contribution is -2.44. The summed E-state index contributed by atoms with van der Waals surface area (Å²) in [6.07, 6.45) is 1.48. The van der Waals surface area contributed by atoms with E-state index >= 15 is 0 Å². The Hall–Kier alpha value is -4.27. The molecular weight excluding hydrogens is 425 g/mol. The highest BCUT2D eigenvalue weighted by Gasteiger charge is 2.30. The number of hydrogen-bond acceptors (Lipinski definition) is 5. The van der Waals surface area contributed by atoms with Gasteiger partial charge in [0.2, 0.25) is 5.88 Å². The summed E-state index contributed by atoms with van der Waals surface area (Å²) in [6, 6.07) is 13.6. The van der Waals surface area contributed by atoms with Crippen molar-refractivity contribution in [1.29, 1.82) is 0 Å². The Morgan fingerprint density at radius 1 is 1.12 bits per heavy atom. The minimum Gasteiger partial charge on any atom is -0.480 e. The van der Waals surface area contributed by atoms with E-state index in [1.165, 1.54) is 30.3 Å². The summed E-state index contributed by atoms with van der Waals surface area (Å²) in [5, 5.41) is 13.9. The third-order valence-electron chi connectivity index (χ3n) is 5.33. The normalized spacial score (nSPS) is 15.5. The number of urea groups is 1. The van der Waals surface area contributed by atoms with Gasteiger partial charge in [-0.25, -0.2) is 9.18 Å². The molecule has 1 aliphatic heterocycles. The zero-order valence-electron chi connectivity index (χ0n) is 18.3. The highest BCUT2D eigenvalue weighted by molar-refractivity contribution is 6.06. The number of ether oxygens (including phenoxy) is 1. The number of halogens is 1. The van der Waals surface area contributed by atoms with E-state index < -0.39 is 17.8 Å². The number of carbonyl (C=O) groups excluding carboxylic acids is 2. The van der Waals surface area contributed by atoms with Crippen LogP contribution >= 0.6 is 0 Å². The number of rotatable bonds is 5. The molecule has 3 amide bonds. The summed E-state index contributed by atoms with van der Waals surface area (Å²) in [5.41, 5.74) is 3.74. The summed E-state index contributed by atoms with van der Waals surface area (Å²) in [6.45, 7) is 1.87. The van der Waals surface area contributed by atoms with E-state index in [1.807, 2.05) is 25.1 Å². The molecule has 2 heterocycles.